The number of piperidine rings is 2. The molecule has 122 valence electrons. The summed E-state index contributed by atoms with van der Waals surface area (Å²) in [7, 11) is -3.11. The summed E-state index contributed by atoms with van der Waals surface area (Å²) in [5.74, 6) is 0. The summed E-state index contributed by atoms with van der Waals surface area (Å²) in [5.41, 5.74) is 0. The topological polar surface area (TPSA) is 69.7 Å². The van der Waals surface area contributed by atoms with Crippen molar-refractivity contribution in [2.45, 2.75) is 64.1 Å². The number of nitrogens with one attached hydrogen (secondary N) is 1. The van der Waals surface area contributed by atoms with Gasteiger partial charge in [0.25, 0.3) is 0 Å². The first-order valence-corrected chi connectivity index (χ1v) is 9.68. The summed E-state index contributed by atoms with van der Waals surface area (Å²) in [5, 5.41) is 3.09. The predicted octanol–water partition coefficient (Wildman–Crippen LogP) is 1.38. The molecule has 0 aromatic rings. The molecule has 2 atom stereocenters. The van der Waals surface area contributed by atoms with E-state index in [2.05, 4.69) is 19.2 Å². The molecule has 6 nitrogen and oxygen atoms in total. The van der Waals surface area contributed by atoms with E-state index in [1.807, 2.05) is 4.90 Å². The average molecular weight is 317 g/mol. The quantitative estimate of drug-likeness (QED) is 0.836. The minimum atomic E-state index is -3.11. The number of rotatable bonds is 2. The van der Waals surface area contributed by atoms with Gasteiger partial charge in [-0.3, -0.25) is 0 Å². The molecule has 0 aliphatic carbocycles. The molecule has 0 saturated carbocycles. The van der Waals surface area contributed by atoms with E-state index in [9.17, 15) is 13.2 Å². The zero-order valence-corrected chi connectivity index (χ0v) is 14.0. The maximum absolute atomic E-state index is 12.4. The van der Waals surface area contributed by atoms with Crippen molar-refractivity contribution in [3.05, 3.63) is 0 Å². The van der Waals surface area contributed by atoms with Gasteiger partial charge in [-0.05, 0) is 46.0 Å². The van der Waals surface area contributed by atoms with Crippen LogP contribution in [0.5, 0.6) is 0 Å². The Morgan fingerprint density at radius 3 is 2.05 bits per heavy atom. The maximum Gasteiger partial charge on any atom is 0.318 e. The molecular weight excluding hydrogens is 290 g/mol. The van der Waals surface area contributed by atoms with Gasteiger partial charge in [-0.15, -0.1) is 0 Å². The first-order chi connectivity index (χ1) is 9.79. The molecule has 2 aliphatic heterocycles. The monoisotopic (exact) mass is 317 g/mol. The van der Waals surface area contributed by atoms with Gasteiger partial charge in [0.1, 0.15) is 0 Å². The van der Waals surface area contributed by atoms with Gasteiger partial charge in [0.15, 0.2) is 0 Å². The number of amides is 2. The second-order valence-corrected chi connectivity index (χ2v) is 8.40. The Morgan fingerprint density at radius 1 is 1.05 bits per heavy atom. The number of hydrogen-bond donors (Lipinski definition) is 1. The van der Waals surface area contributed by atoms with E-state index in [1.54, 1.807) is 0 Å². The van der Waals surface area contributed by atoms with Crippen LogP contribution in [-0.4, -0.2) is 61.1 Å². The highest BCUT2D eigenvalue weighted by Gasteiger charge is 2.31. The Bertz CT molecular complexity index is 462. The van der Waals surface area contributed by atoms with Crippen molar-refractivity contribution in [3.8, 4) is 0 Å². The van der Waals surface area contributed by atoms with E-state index in [0.717, 1.165) is 12.8 Å². The molecule has 2 aliphatic rings. The molecule has 21 heavy (non-hydrogen) atoms. The van der Waals surface area contributed by atoms with E-state index in [-0.39, 0.29) is 24.2 Å². The molecule has 0 radical (unpaired) electrons. The van der Waals surface area contributed by atoms with E-state index < -0.39 is 10.0 Å². The first kappa shape index (κ1) is 16.5. The predicted molar refractivity (Wildman–Crippen MR) is 82.6 cm³/mol. The molecule has 2 fully saturated rings. The van der Waals surface area contributed by atoms with Crippen LogP contribution in [0, 0.1) is 0 Å². The molecule has 2 rings (SSSR count). The molecular formula is C14H27N3O3S. The van der Waals surface area contributed by atoms with Gasteiger partial charge in [0, 0.05) is 31.2 Å². The van der Waals surface area contributed by atoms with Gasteiger partial charge in [0.05, 0.1) is 6.26 Å². The number of carbonyl (C=O) groups excluding carboxylic acids is 1. The van der Waals surface area contributed by atoms with Crippen molar-refractivity contribution in [3.63, 3.8) is 0 Å². The largest absolute Gasteiger partial charge is 0.335 e. The summed E-state index contributed by atoms with van der Waals surface area (Å²) < 4.78 is 24.4. The van der Waals surface area contributed by atoms with Crippen LogP contribution in [0.2, 0.25) is 0 Å². The molecule has 2 heterocycles. The molecule has 0 aromatic heterocycles. The SMILES string of the molecule is CC1CCCC(C)N1C(=O)NC1CCN(S(C)(=O)=O)CC1. The van der Waals surface area contributed by atoms with Crippen molar-refractivity contribution >= 4 is 16.1 Å². The van der Waals surface area contributed by atoms with E-state index in [4.69, 9.17) is 0 Å². The number of carbonyl (C=O) groups is 1. The Kier molecular flexibility index (Phi) is 5.14. The van der Waals surface area contributed by atoms with Crippen LogP contribution < -0.4 is 5.32 Å². The molecule has 7 heteroatoms. The number of hydrogen-bond acceptors (Lipinski definition) is 3. The number of urea groups is 1. The highest BCUT2D eigenvalue weighted by molar-refractivity contribution is 7.88. The fourth-order valence-electron chi connectivity index (χ4n) is 3.40. The van der Waals surface area contributed by atoms with Crippen molar-refractivity contribution < 1.29 is 13.2 Å². The van der Waals surface area contributed by atoms with Gasteiger partial charge in [0.2, 0.25) is 10.0 Å². The fraction of sp³-hybridized carbons (Fsp3) is 0.929. The Labute approximate surface area is 127 Å². The molecule has 0 bridgehead atoms. The van der Waals surface area contributed by atoms with Crippen molar-refractivity contribution in [2.24, 2.45) is 0 Å². The van der Waals surface area contributed by atoms with E-state index in [0.29, 0.717) is 25.9 Å². The number of sulfonamides is 1. The molecule has 2 saturated heterocycles. The van der Waals surface area contributed by atoms with Crippen LogP contribution in [0.3, 0.4) is 0 Å². The Balaban J connectivity index is 1.87. The lowest BCUT2D eigenvalue weighted by Crippen LogP contribution is -2.55. The van der Waals surface area contributed by atoms with E-state index >= 15 is 0 Å². The summed E-state index contributed by atoms with van der Waals surface area (Å²) in [4.78, 5) is 14.4. The first-order valence-electron chi connectivity index (χ1n) is 7.83. The van der Waals surface area contributed by atoms with Crippen molar-refractivity contribution in [1.29, 1.82) is 0 Å². The van der Waals surface area contributed by atoms with Gasteiger partial charge < -0.3 is 10.2 Å². The zero-order valence-electron chi connectivity index (χ0n) is 13.2. The lowest BCUT2D eigenvalue weighted by atomic mass is 9.98. The van der Waals surface area contributed by atoms with E-state index in [1.165, 1.54) is 17.0 Å². The second kappa shape index (κ2) is 6.52. The highest BCUT2D eigenvalue weighted by Crippen LogP contribution is 2.23. The standard InChI is InChI=1S/C14H27N3O3S/c1-11-5-4-6-12(2)17(11)14(18)15-13-7-9-16(10-8-13)21(3,19)20/h11-13H,4-10H2,1-3H3,(H,15,18). The fourth-order valence-corrected chi connectivity index (χ4v) is 4.28. The lowest BCUT2D eigenvalue weighted by molar-refractivity contribution is 0.118. The van der Waals surface area contributed by atoms with Crippen LogP contribution in [-0.2, 0) is 10.0 Å². The van der Waals surface area contributed by atoms with Crippen LogP contribution in [0.25, 0.3) is 0 Å². The van der Waals surface area contributed by atoms with Crippen molar-refractivity contribution in [1.82, 2.24) is 14.5 Å². The summed E-state index contributed by atoms with van der Waals surface area (Å²) in [6, 6.07) is 0.652. The zero-order chi connectivity index (χ0) is 15.6. The molecule has 1 N–H and O–H groups in total. The molecule has 2 amide bonds. The third kappa shape index (κ3) is 4.10. The van der Waals surface area contributed by atoms with Crippen LogP contribution in [0.15, 0.2) is 0 Å². The third-order valence-electron chi connectivity index (χ3n) is 4.68. The van der Waals surface area contributed by atoms with Gasteiger partial charge in [-0.1, -0.05) is 0 Å². The Hall–Kier alpha value is -0.820. The average Bonchev–Trinajstić information content (AvgIpc) is 2.38. The Morgan fingerprint density at radius 2 is 1.57 bits per heavy atom. The number of likely N-dealkylation sites (tertiary alicyclic amines) is 1. The highest BCUT2D eigenvalue weighted by atomic mass is 32.2. The van der Waals surface area contributed by atoms with Gasteiger partial charge in [-0.25, -0.2) is 17.5 Å². The minimum absolute atomic E-state index is 0.00695. The minimum Gasteiger partial charge on any atom is -0.335 e. The van der Waals surface area contributed by atoms with Crippen LogP contribution in [0.1, 0.15) is 46.0 Å². The summed E-state index contributed by atoms with van der Waals surface area (Å²) in [6.07, 6.45) is 5.92. The normalized spacial score (nSPS) is 29.4. The second-order valence-electron chi connectivity index (χ2n) is 6.42. The van der Waals surface area contributed by atoms with Crippen LogP contribution in [0.4, 0.5) is 4.79 Å². The maximum atomic E-state index is 12.4. The summed E-state index contributed by atoms with van der Waals surface area (Å²) >= 11 is 0. The van der Waals surface area contributed by atoms with Gasteiger partial charge in [-0.2, -0.15) is 0 Å². The van der Waals surface area contributed by atoms with Crippen molar-refractivity contribution in [2.75, 3.05) is 19.3 Å². The van der Waals surface area contributed by atoms with Gasteiger partial charge >= 0.3 is 6.03 Å². The number of nitrogens with zero attached hydrogens (tertiary/aromatic N) is 2. The molecule has 0 aromatic carbocycles. The molecule has 2 unspecified atom stereocenters. The van der Waals surface area contributed by atoms with Crippen LogP contribution >= 0.6 is 0 Å². The molecule has 0 spiro atoms. The lowest BCUT2D eigenvalue weighted by Gasteiger charge is -2.40. The summed E-state index contributed by atoms with van der Waals surface area (Å²) in [6.45, 7) is 5.19. The smallest absolute Gasteiger partial charge is 0.318 e. The third-order valence-corrected chi connectivity index (χ3v) is 5.98.